The fraction of sp³-hybridized carbons (Fsp3) is 0.412. The highest BCUT2D eigenvalue weighted by atomic mass is 32.2. The Morgan fingerprint density at radius 2 is 1.82 bits per heavy atom. The third kappa shape index (κ3) is 3.38. The molecule has 1 aromatic carbocycles. The molecule has 0 spiro atoms. The lowest BCUT2D eigenvalue weighted by molar-refractivity contribution is 0.0685. The van der Waals surface area contributed by atoms with E-state index in [1.807, 2.05) is 30.3 Å². The Morgan fingerprint density at radius 1 is 1.14 bits per heavy atom. The van der Waals surface area contributed by atoms with Crippen molar-refractivity contribution in [2.75, 3.05) is 32.4 Å². The average molecular weight is 404 g/mol. The second-order valence-corrected chi connectivity index (χ2v) is 8.84. The van der Waals surface area contributed by atoms with Crippen LogP contribution < -0.4 is 5.32 Å². The number of carbonyl (C=O) groups is 2. The number of nitrogens with one attached hydrogen (secondary N) is 1. The first kappa shape index (κ1) is 18.6. The quantitative estimate of drug-likeness (QED) is 0.736. The normalized spacial score (nSPS) is 20.5. The van der Waals surface area contributed by atoms with Crippen molar-refractivity contribution in [2.24, 2.45) is 0 Å². The summed E-state index contributed by atoms with van der Waals surface area (Å²) in [4.78, 5) is 27.0. The van der Waals surface area contributed by atoms with Gasteiger partial charge < -0.3 is 10.2 Å². The highest BCUT2D eigenvalue weighted by Crippen LogP contribution is 2.22. The zero-order valence-electron chi connectivity index (χ0n) is 15.3. The molecule has 1 saturated heterocycles. The van der Waals surface area contributed by atoms with Gasteiger partial charge in [-0.1, -0.05) is 35.5 Å². The Morgan fingerprint density at radius 3 is 2.46 bits per heavy atom. The molecule has 11 heteroatoms. The van der Waals surface area contributed by atoms with E-state index in [0.717, 1.165) is 11.8 Å². The van der Waals surface area contributed by atoms with Crippen LogP contribution in [0.3, 0.4) is 0 Å². The summed E-state index contributed by atoms with van der Waals surface area (Å²) in [7, 11) is -3.29. The molecule has 4 rings (SSSR count). The maximum Gasteiger partial charge on any atom is 0.276 e. The van der Waals surface area contributed by atoms with Gasteiger partial charge in [-0.25, -0.2) is 13.1 Å². The van der Waals surface area contributed by atoms with Crippen LogP contribution in [-0.2, 0) is 16.6 Å². The van der Waals surface area contributed by atoms with Gasteiger partial charge in [-0.2, -0.15) is 4.31 Å². The molecule has 28 heavy (non-hydrogen) atoms. The van der Waals surface area contributed by atoms with Crippen molar-refractivity contribution in [3.8, 4) is 0 Å². The van der Waals surface area contributed by atoms with Crippen LogP contribution in [0, 0.1) is 0 Å². The number of benzene rings is 1. The number of amides is 2. The molecule has 2 aliphatic heterocycles. The molecule has 0 saturated carbocycles. The molecule has 148 valence electrons. The average Bonchev–Trinajstić information content (AvgIpc) is 3.12. The van der Waals surface area contributed by atoms with E-state index in [-0.39, 0.29) is 43.6 Å². The lowest BCUT2D eigenvalue weighted by Crippen LogP contribution is -2.50. The molecule has 0 radical (unpaired) electrons. The minimum atomic E-state index is -3.29. The molecular weight excluding hydrogens is 384 g/mol. The van der Waals surface area contributed by atoms with Crippen LogP contribution in [0.15, 0.2) is 30.3 Å². The largest absolute Gasteiger partial charge is 0.342 e. The molecule has 1 aromatic heterocycles. The Hall–Kier alpha value is -2.79. The Labute approximate surface area is 162 Å². The lowest BCUT2D eigenvalue weighted by Gasteiger charge is -2.33. The van der Waals surface area contributed by atoms with Gasteiger partial charge in [0.05, 0.1) is 18.8 Å². The lowest BCUT2D eigenvalue weighted by atomic mass is 10.0. The highest BCUT2D eigenvalue weighted by Gasteiger charge is 2.35. The highest BCUT2D eigenvalue weighted by molar-refractivity contribution is 7.88. The minimum absolute atomic E-state index is 0.00295. The standard InChI is InChI=1S/C17H20N6O4S/c1-28(26,27)22-9-7-21(8-10-22)17(25)14-15-16(24)18-13(11-23(15)20-19-14)12-5-3-2-4-6-12/h2-6,13H,7-11H2,1H3,(H,18,24)/t13-/m1/s1. The first-order valence-corrected chi connectivity index (χ1v) is 10.7. The van der Waals surface area contributed by atoms with Crippen LogP contribution in [0.25, 0.3) is 0 Å². The van der Waals surface area contributed by atoms with Gasteiger partial charge in [0.1, 0.15) is 0 Å². The topological polar surface area (TPSA) is 118 Å². The molecular formula is C17H20N6O4S. The molecule has 0 unspecified atom stereocenters. The van der Waals surface area contributed by atoms with E-state index < -0.39 is 21.8 Å². The number of hydrogen-bond acceptors (Lipinski definition) is 6. The number of rotatable bonds is 3. The fourth-order valence-corrected chi connectivity index (χ4v) is 4.33. The molecule has 1 N–H and O–H groups in total. The molecule has 2 aliphatic rings. The summed E-state index contributed by atoms with van der Waals surface area (Å²) in [5.74, 6) is -0.814. The Balaban J connectivity index is 1.52. The zero-order chi connectivity index (χ0) is 19.9. The first-order valence-electron chi connectivity index (χ1n) is 8.88. The van der Waals surface area contributed by atoms with Gasteiger partial charge in [0.2, 0.25) is 10.0 Å². The number of nitrogens with zero attached hydrogens (tertiary/aromatic N) is 5. The van der Waals surface area contributed by atoms with E-state index >= 15 is 0 Å². The van der Waals surface area contributed by atoms with Gasteiger partial charge in [0.25, 0.3) is 11.8 Å². The van der Waals surface area contributed by atoms with Crippen LogP contribution in [0.2, 0.25) is 0 Å². The van der Waals surface area contributed by atoms with Crippen molar-refractivity contribution in [2.45, 2.75) is 12.6 Å². The smallest absolute Gasteiger partial charge is 0.276 e. The van der Waals surface area contributed by atoms with Crippen molar-refractivity contribution in [1.29, 1.82) is 0 Å². The molecule has 2 aromatic rings. The number of sulfonamides is 1. The summed E-state index contributed by atoms with van der Waals surface area (Å²) < 4.78 is 26.0. The van der Waals surface area contributed by atoms with Crippen molar-refractivity contribution in [3.05, 3.63) is 47.3 Å². The number of aromatic nitrogens is 3. The minimum Gasteiger partial charge on any atom is -0.342 e. The number of piperazine rings is 1. The monoisotopic (exact) mass is 404 g/mol. The fourth-order valence-electron chi connectivity index (χ4n) is 3.50. The van der Waals surface area contributed by atoms with Gasteiger partial charge in [0.15, 0.2) is 11.4 Å². The molecule has 0 bridgehead atoms. The molecule has 2 amide bonds. The van der Waals surface area contributed by atoms with Gasteiger partial charge in [0, 0.05) is 26.2 Å². The maximum absolute atomic E-state index is 12.8. The Bertz CT molecular complexity index is 1010. The summed E-state index contributed by atoms with van der Waals surface area (Å²) in [5.41, 5.74) is 1.08. The number of fused-ring (bicyclic) bond motifs is 1. The molecule has 10 nitrogen and oxygen atoms in total. The number of hydrogen-bond donors (Lipinski definition) is 1. The predicted molar refractivity (Wildman–Crippen MR) is 99.0 cm³/mol. The van der Waals surface area contributed by atoms with Gasteiger partial charge in [-0.15, -0.1) is 5.10 Å². The third-order valence-electron chi connectivity index (χ3n) is 5.01. The van der Waals surface area contributed by atoms with Crippen LogP contribution in [0.4, 0.5) is 0 Å². The van der Waals surface area contributed by atoms with Crippen molar-refractivity contribution in [1.82, 2.24) is 29.5 Å². The van der Waals surface area contributed by atoms with Gasteiger partial charge >= 0.3 is 0 Å². The first-order chi connectivity index (χ1) is 13.3. The SMILES string of the molecule is CS(=O)(=O)N1CCN(C(=O)c2nnn3c2C(=O)N[C@@H](c2ccccc2)C3)CC1. The molecule has 0 aliphatic carbocycles. The number of carbonyl (C=O) groups excluding carboxylic acids is 2. The second kappa shape index (κ2) is 6.99. The second-order valence-electron chi connectivity index (χ2n) is 6.86. The summed E-state index contributed by atoms with van der Waals surface area (Å²) in [5, 5.41) is 10.9. The van der Waals surface area contributed by atoms with Gasteiger partial charge in [-0.05, 0) is 5.56 Å². The zero-order valence-corrected chi connectivity index (χ0v) is 16.1. The summed E-state index contributed by atoms with van der Waals surface area (Å²) in [6.07, 6.45) is 1.15. The van der Waals surface area contributed by atoms with E-state index in [9.17, 15) is 18.0 Å². The van der Waals surface area contributed by atoms with Crippen molar-refractivity contribution >= 4 is 21.8 Å². The van der Waals surface area contributed by atoms with Crippen molar-refractivity contribution in [3.63, 3.8) is 0 Å². The predicted octanol–water partition coefficient (Wildman–Crippen LogP) is -0.520. The van der Waals surface area contributed by atoms with Crippen LogP contribution >= 0.6 is 0 Å². The molecule has 3 heterocycles. The molecule has 1 fully saturated rings. The summed E-state index contributed by atoms with van der Waals surface area (Å²) in [6.45, 7) is 1.30. The van der Waals surface area contributed by atoms with E-state index in [2.05, 4.69) is 15.6 Å². The van der Waals surface area contributed by atoms with Crippen molar-refractivity contribution < 1.29 is 18.0 Å². The van der Waals surface area contributed by atoms with E-state index in [1.165, 1.54) is 13.9 Å². The summed E-state index contributed by atoms with van der Waals surface area (Å²) >= 11 is 0. The van der Waals surface area contributed by atoms with Crippen LogP contribution in [0.5, 0.6) is 0 Å². The van der Waals surface area contributed by atoms with Crippen LogP contribution in [0.1, 0.15) is 32.6 Å². The van der Waals surface area contributed by atoms with E-state index in [1.54, 1.807) is 0 Å². The van der Waals surface area contributed by atoms with E-state index in [4.69, 9.17) is 0 Å². The molecule has 1 atom stereocenters. The maximum atomic E-state index is 12.8. The Kier molecular flexibility index (Phi) is 4.63. The summed E-state index contributed by atoms with van der Waals surface area (Å²) in [6, 6.07) is 9.27. The van der Waals surface area contributed by atoms with Crippen LogP contribution in [-0.4, -0.2) is 76.9 Å². The van der Waals surface area contributed by atoms with Gasteiger partial charge in [-0.3, -0.25) is 9.59 Å². The van der Waals surface area contributed by atoms with E-state index in [0.29, 0.717) is 6.54 Å². The third-order valence-corrected chi connectivity index (χ3v) is 6.31.